The van der Waals surface area contributed by atoms with Crippen LogP contribution in [0.15, 0.2) is 24.3 Å². The lowest BCUT2D eigenvalue weighted by Crippen LogP contribution is -2.38. The van der Waals surface area contributed by atoms with Crippen LogP contribution in [-0.4, -0.2) is 32.1 Å². The lowest BCUT2D eigenvalue weighted by Gasteiger charge is -2.27. The second-order valence-corrected chi connectivity index (χ2v) is 5.28. The van der Waals surface area contributed by atoms with Gasteiger partial charge in [-0.15, -0.1) is 0 Å². The van der Waals surface area contributed by atoms with Crippen LogP contribution in [0.25, 0.3) is 0 Å². The van der Waals surface area contributed by atoms with Gasteiger partial charge in [0, 0.05) is 11.6 Å². The molecule has 1 aromatic carbocycles. The zero-order chi connectivity index (χ0) is 15.2. The number of nitrogens with one attached hydrogen (secondary N) is 1. The average molecular weight is 291 g/mol. The van der Waals surface area contributed by atoms with Crippen molar-refractivity contribution in [2.45, 2.75) is 31.7 Å². The maximum Gasteiger partial charge on any atom is 0.308 e. The molecule has 1 saturated carbocycles. The van der Waals surface area contributed by atoms with Crippen LogP contribution in [0.2, 0.25) is 0 Å². The Morgan fingerprint density at radius 2 is 1.86 bits per heavy atom. The van der Waals surface area contributed by atoms with Crippen molar-refractivity contribution in [1.82, 2.24) is 5.32 Å². The standard InChI is InChI=1S/C16H21NO4/c1-20-14-5-3-4-12(10-14)15(18)17-13-8-6-11(7-9-13)16(19)21-2/h3-5,10-11,13H,6-9H2,1-2H3,(H,17,18). The molecule has 1 amide bonds. The van der Waals surface area contributed by atoms with Crippen molar-refractivity contribution < 1.29 is 19.1 Å². The van der Waals surface area contributed by atoms with Gasteiger partial charge in [0.15, 0.2) is 0 Å². The van der Waals surface area contributed by atoms with E-state index in [2.05, 4.69) is 5.32 Å². The third-order valence-electron chi connectivity index (χ3n) is 3.93. The summed E-state index contributed by atoms with van der Waals surface area (Å²) in [5.41, 5.74) is 0.587. The summed E-state index contributed by atoms with van der Waals surface area (Å²) in [6, 6.07) is 7.19. The van der Waals surface area contributed by atoms with Crippen LogP contribution >= 0.6 is 0 Å². The van der Waals surface area contributed by atoms with Crippen LogP contribution in [-0.2, 0) is 9.53 Å². The molecule has 0 atom stereocenters. The molecule has 0 spiro atoms. The number of carbonyl (C=O) groups excluding carboxylic acids is 2. The summed E-state index contributed by atoms with van der Waals surface area (Å²) in [5, 5.41) is 3.02. The first kappa shape index (κ1) is 15.4. The van der Waals surface area contributed by atoms with Crippen LogP contribution in [0, 0.1) is 5.92 Å². The van der Waals surface area contributed by atoms with Crippen molar-refractivity contribution in [1.29, 1.82) is 0 Å². The van der Waals surface area contributed by atoms with E-state index in [0.717, 1.165) is 25.7 Å². The third kappa shape index (κ3) is 3.97. The number of amides is 1. The number of esters is 1. The molecule has 0 aliphatic heterocycles. The first-order valence-corrected chi connectivity index (χ1v) is 7.16. The lowest BCUT2D eigenvalue weighted by atomic mass is 9.86. The van der Waals surface area contributed by atoms with Crippen LogP contribution in [0.5, 0.6) is 5.75 Å². The molecule has 0 saturated heterocycles. The highest BCUT2D eigenvalue weighted by atomic mass is 16.5. The minimum Gasteiger partial charge on any atom is -0.497 e. The van der Waals surface area contributed by atoms with Crippen molar-refractivity contribution in [2.75, 3.05) is 14.2 Å². The fourth-order valence-electron chi connectivity index (χ4n) is 2.67. The first-order valence-electron chi connectivity index (χ1n) is 7.16. The Labute approximate surface area is 124 Å². The van der Waals surface area contributed by atoms with Crippen LogP contribution < -0.4 is 10.1 Å². The van der Waals surface area contributed by atoms with Gasteiger partial charge in [0.25, 0.3) is 5.91 Å². The number of carbonyl (C=O) groups is 2. The summed E-state index contributed by atoms with van der Waals surface area (Å²) in [6.45, 7) is 0. The molecule has 1 fully saturated rings. The SMILES string of the molecule is COC(=O)C1CCC(NC(=O)c2cccc(OC)c2)CC1. The molecule has 5 nitrogen and oxygen atoms in total. The van der Waals surface area contributed by atoms with E-state index in [1.165, 1.54) is 7.11 Å². The molecule has 0 aromatic heterocycles. The number of benzene rings is 1. The van der Waals surface area contributed by atoms with Crippen molar-refractivity contribution in [2.24, 2.45) is 5.92 Å². The van der Waals surface area contributed by atoms with E-state index in [4.69, 9.17) is 9.47 Å². The highest BCUT2D eigenvalue weighted by Gasteiger charge is 2.27. The molecule has 2 rings (SSSR count). The second kappa shape index (κ2) is 7.11. The second-order valence-electron chi connectivity index (χ2n) is 5.28. The van der Waals surface area contributed by atoms with E-state index in [9.17, 15) is 9.59 Å². The van der Waals surface area contributed by atoms with E-state index in [1.54, 1.807) is 31.4 Å². The molecule has 1 aromatic rings. The van der Waals surface area contributed by atoms with Crippen molar-refractivity contribution in [3.8, 4) is 5.75 Å². The normalized spacial score (nSPS) is 21.4. The van der Waals surface area contributed by atoms with Crippen LogP contribution in [0.4, 0.5) is 0 Å². The largest absolute Gasteiger partial charge is 0.497 e. The summed E-state index contributed by atoms with van der Waals surface area (Å²) in [5.74, 6) is 0.389. The molecule has 5 heteroatoms. The molecular formula is C16H21NO4. The Morgan fingerprint density at radius 3 is 2.48 bits per heavy atom. The van der Waals surface area contributed by atoms with Gasteiger partial charge in [-0.05, 0) is 43.9 Å². The van der Waals surface area contributed by atoms with Gasteiger partial charge in [-0.2, -0.15) is 0 Å². The molecule has 0 heterocycles. The fraction of sp³-hybridized carbons (Fsp3) is 0.500. The summed E-state index contributed by atoms with van der Waals surface area (Å²) < 4.78 is 9.88. The summed E-state index contributed by atoms with van der Waals surface area (Å²) in [7, 11) is 2.99. The quantitative estimate of drug-likeness (QED) is 0.863. The van der Waals surface area contributed by atoms with Gasteiger partial charge in [0.2, 0.25) is 0 Å². The number of methoxy groups -OCH3 is 2. The Hall–Kier alpha value is -2.04. The topological polar surface area (TPSA) is 64.6 Å². The van der Waals surface area contributed by atoms with Gasteiger partial charge in [0.05, 0.1) is 20.1 Å². The van der Waals surface area contributed by atoms with Crippen molar-refractivity contribution >= 4 is 11.9 Å². The van der Waals surface area contributed by atoms with Crippen LogP contribution in [0.1, 0.15) is 36.0 Å². The van der Waals surface area contributed by atoms with Crippen LogP contribution in [0.3, 0.4) is 0 Å². The van der Waals surface area contributed by atoms with E-state index in [-0.39, 0.29) is 23.8 Å². The zero-order valence-electron chi connectivity index (χ0n) is 12.4. The van der Waals surface area contributed by atoms with Gasteiger partial charge in [-0.25, -0.2) is 0 Å². The number of hydrogen-bond donors (Lipinski definition) is 1. The Bertz CT molecular complexity index is 507. The predicted octanol–water partition coefficient (Wildman–Crippen LogP) is 2.16. The molecule has 0 radical (unpaired) electrons. The third-order valence-corrected chi connectivity index (χ3v) is 3.93. The van der Waals surface area contributed by atoms with E-state index in [0.29, 0.717) is 11.3 Å². The van der Waals surface area contributed by atoms with Gasteiger partial charge >= 0.3 is 5.97 Å². The van der Waals surface area contributed by atoms with E-state index < -0.39 is 0 Å². The van der Waals surface area contributed by atoms with Gasteiger partial charge < -0.3 is 14.8 Å². The molecule has 0 bridgehead atoms. The first-order chi connectivity index (χ1) is 10.1. The highest BCUT2D eigenvalue weighted by Crippen LogP contribution is 2.25. The van der Waals surface area contributed by atoms with E-state index >= 15 is 0 Å². The van der Waals surface area contributed by atoms with E-state index in [1.807, 2.05) is 0 Å². The van der Waals surface area contributed by atoms with Gasteiger partial charge in [-0.1, -0.05) is 6.07 Å². The minimum atomic E-state index is -0.146. The Balaban J connectivity index is 1.88. The molecule has 21 heavy (non-hydrogen) atoms. The Kier molecular flexibility index (Phi) is 5.20. The summed E-state index contributed by atoms with van der Waals surface area (Å²) in [4.78, 5) is 23.7. The van der Waals surface area contributed by atoms with Gasteiger partial charge in [0.1, 0.15) is 5.75 Å². The van der Waals surface area contributed by atoms with Crippen molar-refractivity contribution in [3.63, 3.8) is 0 Å². The number of rotatable bonds is 4. The molecule has 1 aliphatic carbocycles. The zero-order valence-corrected chi connectivity index (χ0v) is 12.4. The molecule has 114 valence electrons. The molecule has 0 unspecified atom stereocenters. The summed E-state index contributed by atoms with van der Waals surface area (Å²) >= 11 is 0. The summed E-state index contributed by atoms with van der Waals surface area (Å²) in [6.07, 6.45) is 3.12. The maximum absolute atomic E-state index is 12.2. The molecule has 1 aliphatic rings. The predicted molar refractivity (Wildman–Crippen MR) is 78.2 cm³/mol. The van der Waals surface area contributed by atoms with Gasteiger partial charge in [-0.3, -0.25) is 9.59 Å². The molecule has 1 N–H and O–H groups in total. The van der Waals surface area contributed by atoms with Crippen molar-refractivity contribution in [3.05, 3.63) is 29.8 Å². The molecular weight excluding hydrogens is 270 g/mol. The fourth-order valence-corrected chi connectivity index (χ4v) is 2.67. The number of hydrogen-bond acceptors (Lipinski definition) is 4. The minimum absolute atomic E-state index is 0.0278. The Morgan fingerprint density at radius 1 is 1.14 bits per heavy atom. The smallest absolute Gasteiger partial charge is 0.308 e. The highest BCUT2D eigenvalue weighted by molar-refractivity contribution is 5.94. The monoisotopic (exact) mass is 291 g/mol. The lowest BCUT2D eigenvalue weighted by molar-refractivity contribution is -0.146. The average Bonchev–Trinajstić information content (AvgIpc) is 2.54. The maximum atomic E-state index is 12.2. The number of ether oxygens (including phenoxy) is 2.